The molecule has 1 N–H and O–H groups in total. The molecule has 0 aromatic carbocycles. The minimum absolute atomic E-state index is 0.190. The van der Waals surface area contributed by atoms with E-state index in [1.807, 2.05) is 27.7 Å². The third kappa shape index (κ3) is 3.95. The summed E-state index contributed by atoms with van der Waals surface area (Å²) in [6.45, 7) is 10.4. The predicted octanol–water partition coefficient (Wildman–Crippen LogP) is 1.44. The lowest BCUT2D eigenvalue weighted by atomic mass is 9.79. The molecule has 20 heavy (non-hydrogen) atoms. The van der Waals surface area contributed by atoms with Crippen molar-refractivity contribution in [1.82, 2.24) is 4.90 Å². The summed E-state index contributed by atoms with van der Waals surface area (Å²) in [4.78, 5) is 26.3. The van der Waals surface area contributed by atoms with Gasteiger partial charge in [-0.3, -0.25) is 9.59 Å². The Morgan fingerprint density at radius 1 is 1.40 bits per heavy atom. The van der Waals surface area contributed by atoms with Gasteiger partial charge in [-0.15, -0.1) is 0 Å². The summed E-state index contributed by atoms with van der Waals surface area (Å²) in [5, 5.41) is 9.91. The highest BCUT2D eigenvalue weighted by Crippen LogP contribution is 2.30. The van der Waals surface area contributed by atoms with Crippen molar-refractivity contribution in [2.75, 3.05) is 19.7 Å². The van der Waals surface area contributed by atoms with E-state index in [2.05, 4.69) is 0 Å². The maximum absolute atomic E-state index is 12.6. The fraction of sp³-hybridized carbons (Fsp3) is 0.867. The van der Waals surface area contributed by atoms with Crippen molar-refractivity contribution in [3.8, 4) is 0 Å². The monoisotopic (exact) mass is 285 g/mol. The molecule has 1 heterocycles. The summed E-state index contributed by atoms with van der Waals surface area (Å²) < 4.78 is 5.04. The minimum atomic E-state index is -0.817. The van der Waals surface area contributed by atoms with Crippen LogP contribution in [0, 0.1) is 17.3 Å². The van der Waals surface area contributed by atoms with Crippen LogP contribution in [0.3, 0.4) is 0 Å². The molecule has 0 bridgehead atoms. The molecule has 1 amide bonds. The molecule has 1 saturated heterocycles. The molecule has 116 valence electrons. The van der Waals surface area contributed by atoms with E-state index < -0.39 is 23.4 Å². The number of hydrogen-bond donors (Lipinski definition) is 1. The second-order valence-electron chi connectivity index (χ2n) is 6.67. The van der Waals surface area contributed by atoms with Gasteiger partial charge in [-0.2, -0.15) is 0 Å². The smallest absolute Gasteiger partial charge is 0.319 e. The number of β-amino-alcohol motifs (C(OH)–C–C–N with tert-alkyl or cyclic N) is 1. The molecular weight excluding hydrogens is 258 g/mol. The Hall–Kier alpha value is -1.10. The third-order valence-corrected chi connectivity index (χ3v) is 3.87. The van der Waals surface area contributed by atoms with E-state index in [1.54, 1.807) is 11.8 Å². The standard InChI is InChI=1S/C15H27NO4/c1-6-20-14(19)12(15(3,4)5)13(18)16-8-7-10(2)11(17)9-16/h10-12,17H,6-9H2,1-5H3. The van der Waals surface area contributed by atoms with E-state index in [1.165, 1.54) is 0 Å². The van der Waals surface area contributed by atoms with Gasteiger partial charge in [-0.25, -0.2) is 0 Å². The maximum Gasteiger partial charge on any atom is 0.319 e. The van der Waals surface area contributed by atoms with Crippen LogP contribution in [0.4, 0.5) is 0 Å². The normalized spacial score (nSPS) is 25.2. The van der Waals surface area contributed by atoms with Crippen LogP contribution in [0.25, 0.3) is 0 Å². The Balaban J connectivity index is 2.86. The van der Waals surface area contributed by atoms with Crippen LogP contribution in [0.5, 0.6) is 0 Å². The number of piperidine rings is 1. The van der Waals surface area contributed by atoms with Gasteiger partial charge in [0.1, 0.15) is 5.92 Å². The lowest BCUT2D eigenvalue weighted by Gasteiger charge is -2.38. The topological polar surface area (TPSA) is 66.8 Å². The largest absolute Gasteiger partial charge is 0.465 e. The third-order valence-electron chi connectivity index (χ3n) is 3.87. The Morgan fingerprint density at radius 2 is 2.00 bits per heavy atom. The van der Waals surface area contributed by atoms with Crippen molar-refractivity contribution in [2.45, 2.75) is 47.1 Å². The van der Waals surface area contributed by atoms with E-state index in [0.29, 0.717) is 13.1 Å². The van der Waals surface area contributed by atoms with E-state index in [9.17, 15) is 14.7 Å². The van der Waals surface area contributed by atoms with E-state index in [0.717, 1.165) is 6.42 Å². The van der Waals surface area contributed by atoms with Crippen molar-refractivity contribution in [3.63, 3.8) is 0 Å². The van der Waals surface area contributed by atoms with Crippen LogP contribution in [0.2, 0.25) is 0 Å². The molecule has 0 spiro atoms. The molecule has 0 aromatic heterocycles. The summed E-state index contributed by atoms with van der Waals surface area (Å²) in [6, 6.07) is 0. The van der Waals surface area contributed by atoms with Gasteiger partial charge in [0, 0.05) is 13.1 Å². The van der Waals surface area contributed by atoms with E-state index in [4.69, 9.17) is 4.74 Å². The molecule has 3 atom stereocenters. The van der Waals surface area contributed by atoms with Crippen molar-refractivity contribution >= 4 is 11.9 Å². The fourth-order valence-electron chi connectivity index (χ4n) is 2.48. The molecule has 1 aliphatic rings. The number of hydrogen-bond acceptors (Lipinski definition) is 4. The summed E-state index contributed by atoms with van der Waals surface area (Å²) in [5.74, 6) is -1.34. The zero-order valence-corrected chi connectivity index (χ0v) is 13.2. The number of carbonyl (C=O) groups excluding carboxylic acids is 2. The first-order valence-corrected chi connectivity index (χ1v) is 7.32. The number of rotatable bonds is 3. The lowest BCUT2D eigenvalue weighted by molar-refractivity contribution is -0.162. The second-order valence-corrected chi connectivity index (χ2v) is 6.67. The molecule has 1 aliphatic heterocycles. The van der Waals surface area contributed by atoms with Crippen molar-refractivity contribution in [3.05, 3.63) is 0 Å². The van der Waals surface area contributed by atoms with Gasteiger partial charge in [-0.1, -0.05) is 27.7 Å². The molecule has 0 radical (unpaired) electrons. The van der Waals surface area contributed by atoms with Gasteiger partial charge in [0.15, 0.2) is 0 Å². The van der Waals surface area contributed by atoms with Crippen LogP contribution in [-0.2, 0) is 14.3 Å². The zero-order valence-electron chi connectivity index (χ0n) is 13.2. The summed E-state index contributed by atoms with van der Waals surface area (Å²) >= 11 is 0. The lowest BCUT2D eigenvalue weighted by Crippen LogP contribution is -2.52. The average Bonchev–Trinajstić information content (AvgIpc) is 2.31. The number of nitrogens with zero attached hydrogens (tertiary/aromatic N) is 1. The number of carbonyl (C=O) groups is 2. The SMILES string of the molecule is CCOC(=O)C(C(=O)N1CCC(C)C(O)C1)C(C)(C)C. The maximum atomic E-state index is 12.6. The number of ether oxygens (including phenoxy) is 1. The number of aliphatic hydroxyl groups is 1. The van der Waals surface area contributed by atoms with Crippen molar-refractivity contribution in [2.24, 2.45) is 17.3 Å². The molecule has 5 heteroatoms. The van der Waals surface area contributed by atoms with Crippen molar-refractivity contribution < 1.29 is 19.4 Å². The number of esters is 1. The fourth-order valence-corrected chi connectivity index (χ4v) is 2.48. The Kier molecular flexibility index (Phi) is 5.57. The Morgan fingerprint density at radius 3 is 2.45 bits per heavy atom. The summed E-state index contributed by atoms with van der Waals surface area (Å²) in [6.07, 6.45) is 0.238. The molecule has 3 unspecified atom stereocenters. The van der Waals surface area contributed by atoms with Crippen LogP contribution in [0.15, 0.2) is 0 Å². The Bertz CT molecular complexity index is 361. The quantitative estimate of drug-likeness (QED) is 0.629. The second kappa shape index (κ2) is 6.57. The van der Waals surface area contributed by atoms with E-state index >= 15 is 0 Å². The van der Waals surface area contributed by atoms with Crippen LogP contribution >= 0.6 is 0 Å². The van der Waals surface area contributed by atoms with Crippen molar-refractivity contribution in [1.29, 1.82) is 0 Å². The molecular formula is C15H27NO4. The Labute approximate surface area is 121 Å². The highest BCUT2D eigenvalue weighted by atomic mass is 16.5. The first-order valence-electron chi connectivity index (χ1n) is 7.32. The highest BCUT2D eigenvalue weighted by molar-refractivity contribution is 5.98. The van der Waals surface area contributed by atoms with Gasteiger partial charge in [-0.05, 0) is 24.7 Å². The number of amides is 1. The first-order chi connectivity index (χ1) is 9.18. The van der Waals surface area contributed by atoms with Gasteiger partial charge in [0.25, 0.3) is 0 Å². The van der Waals surface area contributed by atoms with Gasteiger partial charge < -0.3 is 14.7 Å². The molecule has 1 rings (SSSR count). The molecule has 0 aromatic rings. The highest BCUT2D eigenvalue weighted by Gasteiger charge is 2.42. The number of aliphatic hydroxyl groups excluding tert-OH is 1. The van der Waals surface area contributed by atoms with Gasteiger partial charge >= 0.3 is 5.97 Å². The van der Waals surface area contributed by atoms with Crippen LogP contribution in [-0.4, -0.2) is 47.7 Å². The molecule has 5 nitrogen and oxygen atoms in total. The zero-order chi connectivity index (χ0) is 15.5. The van der Waals surface area contributed by atoms with Gasteiger partial charge in [0.2, 0.25) is 5.91 Å². The summed E-state index contributed by atoms with van der Waals surface area (Å²) in [7, 11) is 0. The van der Waals surface area contributed by atoms with Crippen LogP contribution < -0.4 is 0 Å². The molecule has 0 aliphatic carbocycles. The molecule has 0 saturated carbocycles. The van der Waals surface area contributed by atoms with Gasteiger partial charge in [0.05, 0.1) is 12.7 Å². The molecule has 1 fully saturated rings. The predicted molar refractivity (Wildman–Crippen MR) is 75.9 cm³/mol. The summed E-state index contributed by atoms with van der Waals surface area (Å²) in [5.41, 5.74) is -0.503. The average molecular weight is 285 g/mol. The van der Waals surface area contributed by atoms with E-state index in [-0.39, 0.29) is 18.4 Å². The van der Waals surface area contributed by atoms with Crippen LogP contribution in [0.1, 0.15) is 41.0 Å². The minimum Gasteiger partial charge on any atom is -0.465 e. The number of likely N-dealkylation sites (tertiary alicyclic amines) is 1. The first kappa shape index (κ1) is 17.0.